The molecule has 0 heterocycles. The Balaban J connectivity index is 0.00000320. The van der Waals surface area contributed by atoms with Crippen molar-refractivity contribution in [2.24, 2.45) is 11.5 Å². The molecule has 2 aromatic carbocycles. The van der Waals surface area contributed by atoms with E-state index in [9.17, 15) is 9.59 Å². The van der Waals surface area contributed by atoms with Crippen molar-refractivity contribution in [1.82, 2.24) is 10.6 Å². The number of halogens is 1. The summed E-state index contributed by atoms with van der Waals surface area (Å²) >= 11 is 0. The zero-order valence-corrected chi connectivity index (χ0v) is 17.6. The van der Waals surface area contributed by atoms with Gasteiger partial charge in [0, 0.05) is 6.54 Å². The zero-order valence-electron chi connectivity index (χ0n) is 16.8. The van der Waals surface area contributed by atoms with E-state index >= 15 is 0 Å². The number of primary amides is 1. The van der Waals surface area contributed by atoms with Crippen molar-refractivity contribution in [1.29, 1.82) is 0 Å². The third kappa shape index (κ3) is 6.37. The van der Waals surface area contributed by atoms with Crippen LogP contribution in [0.2, 0.25) is 0 Å². The Morgan fingerprint density at radius 1 is 1.03 bits per heavy atom. The van der Waals surface area contributed by atoms with Crippen LogP contribution < -0.4 is 26.8 Å². The first-order valence-corrected chi connectivity index (χ1v) is 9.90. The van der Waals surface area contributed by atoms with Gasteiger partial charge in [-0.1, -0.05) is 43.2 Å². The molecule has 8 heteroatoms. The first-order chi connectivity index (χ1) is 14.0. The summed E-state index contributed by atoms with van der Waals surface area (Å²) in [4.78, 5) is 24.2. The van der Waals surface area contributed by atoms with Crippen LogP contribution in [0.1, 0.15) is 43.7 Å². The molecule has 3 amide bonds. The summed E-state index contributed by atoms with van der Waals surface area (Å²) in [7, 11) is 0. The number of ether oxygens (including phenoxy) is 1. The summed E-state index contributed by atoms with van der Waals surface area (Å²) in [5.41, 5.74) is 11.7. The Bertz CT molecular complexity index is 841. The summed E-state index contributed by atoms with van der Waals surface area (Å²) in [5, 5.41) is 5.75. The Labute approximate surface area is 183 Å². The molecule has 6 N–H and O–H groups in total. The van der Waals surface area contributed by atoms with Gasteiger partial charge in [-0.25, -0.2) is 4.79 Å². The standard InChI is InChI=1S/C22H28N4O3.ClH/c23-15-22(11-4-5-12-22)26-20(27)14-19(25-21(24)28)16-7-6-10-18(13-16)29-17-8-2-1-3-9-17;/h1-3,6-10,13,19H,4-5,11-12,14-15,23H2,(H,26,27)(H3,24,25,28);1H. The lowest BCUT2D eigenvalue weighted by Crippen LogP contribution is -2.52. The maximum atomic E-state index is 12.7. The number of amides is 3. The molecule has 0 saturated heterocycles. The van der Waals surface area contributed by atoms with Crippen LogP contribution in [0.5, 0.6) is 11.5 Å². The first kappa shape index (κ1) is 23.5. The van der Waals surface area contributed by atoms with E-state index in [1.807, 2.05) is 48.5 Å². The van der Waals surface area contributed by atoms with Crippen molar-refractivity contribution in [3.8, 4) is 11.5 Å². The fourth-order valence-electron chi connectivity index (χ4n) is 3.81. The van der Waals surface area contributed by atoms with E-state index in [1.165, 1.54) is 0 Å². The summed E-state index contributed by atoms with van der Waals surface area (Å²) < 4.78 is 5.86. The molecule has 1 atom stereocenters. The molecule has 1 fully saturated rings. The van der Waals surface area contributed by atoms with Crippen LogP contribution >= 0.6 is 12.4 Å². The highest BCUT2D eigenvalue weighted by Gasteiger charge is 2.34. The number of carbonyl (C=O) groups excluding carboxylic acids is 2. The molecular formula is C22H29ClN4O3. The normalized spacial score (nSPS) is 15.5. The Kier molecular flexibility index (Phi) is 8.50. The number of benzene rings is 2. The molecule has 1 aliphatic rings. The Morgan fingerprint density at radius 2 is 1.70 bits per heavy atom. The van der Waals surface area contributed by atoms with E-state index in [1.54, 1.807) is 6.07 Å². The minimum atomic E-state index is -0.688. The molecule has 0 aliphatic heterocycles. The minimum absolute atomic E-state index is 0. The number of nitrogens with one attached hydrogen (secondary N) is 2. The van der Waals surface area contributed by atoms with Crippen molar-refractivity contribution >= 4 is 24.3 Å². The van der Waals surface area contributed by atoms with Gasteiger partial charge in [0.05, 0.1) is 18.0 Å². The highest BCUT2D eigenvalue weighted by atomic mass is 35.5. The lowest BCUT2D eigenvalue weighted by Gasteiger charge is -2.29. The topological polar surface area (TPSA) is 119 Å². The van der Waals surface area contributed by atoms with Gasteiger partial charge in [0.1, 0.15) is 11.5 Å². The van der Waals surface area contributed by atoms with Crippen LogP contribution in [0.25, 0.3) is 0 Å². The molecule has 162 valence electrons. The van der Waals surface area contributed by atoms with Gasteiger partial charge in [0.15, 0.2) is 0 Å². The second kappa shape index (κ2) is 10.8. The molecule has 0 radical (unpaired) electrons. The number of nitrogens with two attached hydrogens (primary N) is 2. The monoisotopic (exact) mass is 432 g/mol. The largest absolute Gasteiger partial charge is 0.457 e. The van der Waals surface area contributed by atoms with Gasteiger partial charge in [0.2, 0.25) is 5.91 Å². The van der Waals surface area contributed by atoms with Crippen LogP contribution in [0, 0.1) is 0 Å². The molecule has 7 nitrogen and oxygen atoms in total. The Hall–Kier alpha value is -2.77. The van der Waals surface area contributed by atoms with Crippen LogP contribution in [0.15, 0.2) is 54.6 Å². The lowest BCUT2D eigenvalue weighted by molar-refractivity contribution is -0.123. The third-order valence-corrected chi connectivity index (χ3v) is 5.30. The van der Waals surface area contributed by atoms with E-state index < -0.39 is 12.1 Å². The summed E-state index contributed by atoms with van der Waals surface area (Å²) in [6, 6.07) is 15.4. The van der Waals surface area contributed by atoms with E-state index in [-0.39, 0.29) is 30.3 Å². The van der Waals surface area contributed by atoms with Crippen molar-refractivity contribution in [2.45, 2.75) is 43.7 Å². The fraction of sp³-hybridized carbons (Fsp3) is 0.364. The maximum absolute atomic E-state index is 12.7. The number of urea groups is 1. The van der Waals surface area contributed by atoms with Gasteiger partial charge in [-0.05, 0) is 42.7 Å². The molecule has 1 aliphatic carbocycles. The zero-order chi connectivity index (χ0) is 20.7. The van der Waals surface area contributed by atoms with Crippen LogP contribution in [-0.2, 0) is 4.79 Å². The molecule has 0 bridgehead atoms. The van der Waals surface area contributed by atoms with Crippen molar-refractivity contribution in [2.75, 3.05) is 6.54 Å². The van der Waals surface area contributed by atoms with E-state index in [0.29, 0.717) is 18.0 Å². The maximum Gasteiger partial charge on any atom is 0.312 e. The molecule has 0 aromatic heterocycles. The predicted molar refractivity (Wildman–Crippen MR) is 119 cm³/mol. The molecule has 2 aromatic rings. The van der Waals surface area contributed by atoms with Gasteiger partial charge in [-0.2, -0.15) is 0 Å². The lowest BCUT2D eigenvalue weighted by atomic mass is 9.96. The SMILES string of the molecule is Cl.NCC1(NC(=O)CC(NC(N)=O)c2cccc(Oc3ccccc3)c2)CCCC1. The van der Waals surface area contributed by atoms with Crippen molar-refractivity contribution < 1.29 is 14.3 Å². The summed E-state index contributed by atoms with van der Waals surface area (Å²) in [6.45, 7) is 0.410. The second-order valence-electron chi connectivity index (χ2n) is 7.49. The fourth-order valence-corrected chi connectivity index (χ4v) is 3.81. The number of hydrogen-bond acceptors (Lipinski definition) is 4. The second-order valence-corrected chi connectivity index (χ2v) is 7.49. The molecule has 3 rings (SSSR count). The minimum Gasteiger partial charge on any atom is -0.457 e. The predicted octanol–water partition coefficient (Wildman–Crippen LogP) is 3.39. The highest BCUT2D eigenvalue weighted by molar-refractivity contribution is 5.85. The van der Waals surface area contributed by atoms with Crippen molar-refractivity contribution in [3.63, 3.8) is 0 Å². The molecule has 30 heavy (non-hydrogen) atoms. The number of para-hydroxylation sites is 1. The van der Waals surface area contributed by atoms with Gasteiger partial charge in [-0.3, -0.25) is 4.79 Å². The van der Waals surface area contributed by atoms with Gasteiger partial charge < -0.3 is 26.8 Å². The van der Waals surface area contributed by atoms with Gasteiger partial charge in [-0.15, -0.1) is 12.4 Å². The average molecular weight is 433 g/mol. The number of rotatable bonds is 8. The van der Waals surface area contributed by atoms with Crippen LogP contribution in [-0.4, -0.2) is 24.0 Å². The quantitative estimate of drug-likeness (QED) is 0.511. The molecular weight excluding hydrogens is 404 g/mol. The van der Waals surface area contributed by atoms with Crippen molar-refractivity contribution in [3.05, 3.63) is 60.2 Å². The van der Waals surface area contributed by atoms with Gasteiger partial charge >= 0.3 is 6.03 Å². The molecule has 0 spiro atoms. The van der Waals surface area contributed by atoms with Crippen LogP contribution in [0.4, 0.5) is 4.79 Å². The smallest absolute Gasteiger partial charge is 0.312 e. The van der Waals surface area contributed by atoms with E-state index in [0.717, 1.165) is 31.2 Å². The van der Waals surface area contributed by atoms with E-state index in [2.05, 4.69) is 10.6 Å². The van der Waals surface area contributed by atoms with Crippen LogP contribution in [0.3, 0.4) is 0 Å². The average Bonchev–Trinajstić information content (AvgIpc) is 3.17. The summed E-state index contributed by atoms with van der Waals surface area (Å²) in [6.07, 6.45) is 3.94. The first-order valence-electron chi connectivity index (χ1n) is 9.90. The Morgan fingerprint density at radius 3 is 2.33 bits per heavy atom. The summed E-state index contributed by atoms with van der Waals surface area (Å²) in [5.74, 6) is 1.15. The van der Waals surface area contributed by atoms with Gasteiger partial charge in [0.25, 0.3) is 0 Å². The number of carbonyl (C=O) groups is 2. The molecule has 1 saturated carbocycles. The highest BCUT2D eigenvalue weighted by Crippen LogP contribution is 2.30. The number of hydrogen-bond donors (Lipinski definition) is 4. The third-order valence-electron chi connectivity index (χ3n) is 5.30. The molecule has 1 unspecified atom stereocenters. The van der Waals surface area contributed by atoms with E-state index in [4.69, 9.17) is 16.2 Å².